The Balaban J connectivity index is 2.22. The number of hydrogen-bond donors (Lipinski definition) is 1. The maximum absolute atomic E-state index is 11.3. The van der Waals surface area contributed by atoms with Crippen LogP contribution in [0.4, 0.5) is 0 Å². The van der Waals surface area contributed by atoms with E-state index in [0.29, 0.717) is 25.3 Å². The van der Waals surface area contributed by atoms with Crippen LogP contribution in [0.25, 0.3) is 0 Å². The summed E-state index contributed by atoms with van der Waals surface area (Å²) in [6.45, 7) is 5.32. The molecule has 6 heteroatoms. The van der Waals surface area contributed by atoms with Crippen molar-refractivity contribution in [3.63, 3.8) is 0 Å². The molecular formula is C16H21N3O3. The van der Waals surface area contributed by atoms with Crippen molar-refractivity contribution in [3.05, 3.63) is 41.2 Å². The molecule has 0 unspecified atom stereocenters. The minimum absolute atomic E-state index is 0.0324. The molecular weight excluding hydrogens is 282 g/mol. The molecule has 1 heterocycles. The van der Waals surface area contributed by atoms with Crippen LogP contribution < -0.4 is 4.74 Å². The van der Waals surface area contributed by atoms with E-state index in [1.165, 1.54) is 0 Å². The molecule has 0 atom stereocenters. The van der Waals surface area contributed by atoms with Gasteiger partial charge in [-0.3, -0.25) is 0 Å². The third kappa shape index (κ3) is 3.84. The normalized spacial score (nSPS) is 10.6. The molecule has 22 heavy (non-hydrogen) atoms. The summed E-state index contributed by atoms with van der Waals surface area (Å²) in [5, 5.41) is 17.0. The number of aromatic carboxylic acids is 1. The van der Waals surface area contributed by atoms with Gasteiger partial charge in [-0.05, 0) is 31.0 Å². The van der Waals surface area contributed by atoms with Crippen LogP contribution in [-0.2, 0) is 13.0 Å². The first kappa shape index (κ1) is 16.0. The zero-order valence-corrected chi connectivity index (χ0v) is 13.0. The van der Waals surface area contributed by atoms with Crippen molar-refractivity contribution in [2.75, 3.05) is 6.61 Å². The topological polar surface area (TPSA) is 77.2 Å². The van der Waals surface area contributed by atoms with Crippen molar-refractivity contribution >= 4 is 5.97 Å². The molecule has 1 aromatic heterocycles. The van der Waals surface area contributed by atoms with Gasteiger partial charge in [0.1, 0.15) is 5.75 Å². The van der Waals surface area contributed by atoms with Crippen LogP contribution in [0, 0.1) is 0 Å². The van der Waals surface area contributed by atoms with Crippen molar-refractivity contribution in [3.8, 4) is 5.75 Å². The van der Waals surface area contributed by atoms with Gasteiger partial charge in [-0.25, -0.2) is 9.48 Å². The Labute approximate surface area is 129 Å². The van der Waals surface area contributed by atoms with Crippen molar-refractivity contribution < 1.29 is 14.6 Å². The predicted molar refractivity (Wildman–Crippen MR) is 82.3 cm³/mol. The van der Waals surface area contributed by atoms with Gasteiger partial charge < -0.3 is 9.84 Å². The van der Waals surface area contributed by atoms with Gasteiger partial charge in [-0.15, -0.1) is 5.10 Å². The van der Waals surface area contributed by atoms with Gasteiger partial charge in [-0.2, -0.15) is 0 Å². The fourth-order valence-electron chi connectivity index (χ4n) is 2.22. The second kappa shape index (κ2) is 7.59. The lowest BCUT2D eigenvalue weighted by molar-refractivity contribution is 0.0689. The highest BCUT2D eigenvalue weighted by Crippen LogP contribution is 2.17. The molecule has 0 amide bonds. The number of carboxylic acid groups (broad SMARTS) is 1. The van der Waals surface area contributed by atoms with E-state index in [0.717, 1.165) is 24.2 Å². The monoisotopic (exact) mass is 303 g/mol. The number of hydrogen-bond acceptors (Lipinski definition) is 4. The highest BCUT2D eigenvalue weighted by molar-refractivity contribution is 5.86. The van der Waals surface area contributed by atoms with E-state index >= 15 is 0 Å². The van der Waals surface area contributed by atoms with Gasteiger partial charge in [0.25, 0.3) is 0 Å². The SMILES string of the molecule is CCCCn1nnc(C(=O)O)c1Cc1ccc(OCC)cc1. The summed E-state index contributed by atoms with van der Waals surface area (Å²) >= 11 is 0. The van der Waals surface area contributed by atoms with E-state index in [4.69, 9.17) is 4.74 Å². The van der Waals surface area contributed by atoms with Crippen LogP contribution in [0.1, 0.15) is 48.4 Å². The highest BCUT2D eigenvalue weighted by Gasteiger charge is 2.19. The third-order valence-electron chi connectivity index (χ3n) is 3.37. The molecule has 118 valence electrons. The van der Waals surface area contributed by atoms with E-state index in [1.807, 2.05) is 31.2 Å². The third-order valence-corrected chi connectivity index (χ3v) is 3.37. The second-order valence-electron chi connectivity index (χ2n) is 5.02. The number of aromatic nitrogens is 3. The molecule has 6 nitrogen and oxygen atoms in total. The lowest BCUT2D eigenvalue weighted by atomic mass is 10.1. The van der Waals surface area contributed by atoms with E-state index in [-0.39, 0.29) is 5.69 Å². The van der Waals surface area contributed by atoms with Crippen molar-refractivity contribution in [2.24, 2.45) is 0 Å². The molecule has 0 aliphatic carbocycles. The maximum Gasteiger partial charge on any atom is 0.358 e. The molecule has 2 aromatic rings. The summed E-state index contributed by atoms with van der Waals surface area (Å²) in [6.07, 6.45) is 2.45. The average molecular weight is 303 g/mol. The summed E-state index contributed by atoms with van der Waals surface area (Å²) in [5.74, 6) is -0.231. The van der Waals surface area contributed by atoms with Gasteiger partial charge in [0.05, 0.1) is 12.3 Å². The van der Waals surface area contributed by atoms with Crippen LogP contribution in [-0.4, -0.2) is 32.7 Å². The summed E-state index contributed by atoms with van der Waals surface area (Å²) in [7, 11) is 0. The Hall–Kier alpha value is -2.37. The molecule has 0 spiro atoms. The number of carboxylic acids is 1. The molecule has 0 radical (unpaired) electrons. The standard InChI is InChI=1S/C16H21N3O3/c1-3-5-10-19-14(15(16(20)21)17-18-19)11-12-6-8-13(9-7-12)22-4-2/h6-9H,3-5,10-11H2,1-2H3,(H,20,21). The highest BCUT2D eigenvalue weighted by atomic mass is 16.5. The van der Waals surface area contributed by atoms with Crippen molar-refractivity contribution in [1.29, 1.82) is 0 Å². The Morgan fingerprint density at radius 2 is 2.00 bits per heavy atom. The summed E-state index contributed by atoms with van der Waals surface area (Å²) in [5.41, 5.74) is 1.68. The Morgan fingerprint density at radius 1 is 1.27 bits per heavy atom. The van der Waals surface area contributed by atoms with E-state index in [1.54, 1.807) is 4.68 Å². The molecule has 1 N–H and O–H groups in total. The maximum atomic E-state index is 11.3. The van der Waals surface area contributed by atoms with Crippen molar-refractivity contribution in [2.45, 2.75) is 39.7 Å². The van der Waals surface area contributed by atoms with Gasteiger partial charge in [-0.1, -0.05) is 30.7 Å². The van der Waals surface area contributed by atoms with E-state index < -0.39 is 5.97 Å². The number of nitrogens with zero attached hydrogens (tertiary/aromatic N) is 3. The van der Waals surface area contributed by atoms with Crippen molar-refractivity contribution in [1.82, 2.24) is 15.0 Å². The first-order valence-corrected chi connectivity index (χ1v) is 7.53. The minimum atomic E-state index is -1.04. The van der Waals surface area contributed by atoms with Gasteiger partial charge in [0.15, 0.2) is 5.69 Å². The number of carbonyl (C=O) groups is 1. The predicted octanol–water partition coefficient (Wildman–Crippen LogP) is 2.77. The number of aryl methyl sites for hydroxylation is 1. The average Bonchev–Trinajstić information content (AvgIpc) is 2.90. The fraction of sp³-hybridized carbons (Fsp3) is 0.438. The quantitative estimate of drug-likeness (QED) is 0.811. The van der Waals surface area contributed by atoms with E-state index in [2.05, 4.69) is 17.2 Å². The largest absolute Gasteiger partial charge is 0.494 e. The molecule has 0 aliphatic heterocycles. The van der Waals surface area contributed by atoms with E-state index in [9.17, 15) is 9.90 Å². The molecule has 0 aliphatic rings. The van der Waals surface area contributed by atoms with Gasteiger partial charge >= 0.3 is 5.97 Å². The summed E-state index contributed by atoms with van der Waals surface area (Å²) in [6, 6.07) is 7.65. The lowest BCUT2D eigenvalue weighted by Gasteiger charge is -2.08. The number of ether oxygens (including phenoxy) is 1. The zero-order chi connectivity index (χ0) is 15.9. The fourth-order valence-corrected chi connectivity index (χ4v) is 2.22. The minimum Gasteiger partial charge on any atom is -0.494 e. The zero-order valence-electron chi connectivity index (χ0n) is 13.0. The van der Waals surface area contributed by atoms with Crippen LogP contribution in [0.3, 0.4) is 0 Å². The number of rotatable bonds is 8. The van der Waals surface area contributed by atoms with Gasteiger partial charge in [0.2, 0.25) is 0 Å². The molecule has 0 saturated carbocycles. The first-order chi connectivity index (χ1) is 10.7. The summed E-state index contributed by atoms with van der Waals surface area (Å²) < 4.78 is 7.11. The number of benzene rings is 1. The Bertz CT molecular complexity index is 620. The Morgan fingerprint density at radius 3 is 2.59 bits per heavy atom. The van der Waals surface area contributed by atoms with Crippen LogP contribution in [0.2, 0.25) is 0 Å². The summed E-state index contributed by atoms with van der Waals surface area (Å²) in [4.78, 5) is 11.3. The first-order valence-electron chi connectivity index (χ1n) is 7.53. The van der Waals surface area contributed by atoms with Crippen LogP contribution in [0.5, 0.6) is 5.75 Å². The molecule has 2 rings (SSSR count). The van der Waals surface area contributed by atoms with Gasteiger partial charge in [0, 0.05) is 13.0 Å². The van der Waals surface area contributed by atoms with Crippen LogP contribution in [0.15, 0.2) is 24.3 Å². The smallest absolute Gasteiger partial charge is 0.358 e. The molecule has 1 aromatic carbocycles. The van der Waals surface area contributed by atoms with Crippen LogP contribution >= 0.6 is 0 Å². The second-order valence-corrected chi connectivity index (χ2v) is 5.02. The Kier molecular flexibility index (Phi) is 5.52. The number of unbranched alkanes of at least 4 members (excludes halogenated alkanes) is 1. The lowest BCUT2D eigenvalue weighted by Crippen LogP contribution is -2.09. The molecule has 0 saturated heterocycles. The molecule has 0 fully saturated rings. The molecule has 0 bridgehead atoms.